The number of anilines is 1. The molecule has 0 fully saturated rings. The van der Waals surface area contributed by atoms with Crippen LogP contribution in [0, 0.1) is 5.82 Å². The standard InChI is InChI=1S/C16H13ClFNO2/c17-11-7-10-3-6-14(20)19-15(10)13(8-11)16(21)9-1-4-12(18)5-2-9/h1-2,4-5,7-8,16,21H,3,6H2,(H,19,20). The van der Waals surface area contributed by atoms with Gasteiger partial charge >= 0.3 is 0 Å². The molecule has 1 aliphatic heterocycles. The second kappa shape index (κ2) is 5.47. The van der Waals surface area contributed by atoms with Gasteiger partial charge in [0.15, 0.2) is 0 Å². The molecule has 0 bridgehead atoms. The summed E-state index contributed by atoms with van der Waals surface area (Å²) in [4.78, 5) is 11.6. The Morgan fingerprint density at radius 1 is 1.19 bits per heavy atom. The van der Waals surface area contributed by atoms with Gasteiger partial charge in [-0.15, -0.1) is 0 Å². The molecule has 108 valence electrons. The predicted molar refractivity (Wildman–Crippen MR) is 78.9 cm³/mol. The summed E-state index contributed by atoms with van der Waals surface area (Å²) >= 11 is 6.09. The molecule has 2 aromatic carbocycles. The molecule has 1 aliphatic rings. The molecule has 2 N–H and O–H groups in total. The van der Waals surface area contributed by atoms with E-state index in [2.05, 4.69) is 5.32 Å². The fourth-order valence-electron chi connectivity index (χ4n) is 2.53. The predicted octanol–water partition coefficient (Wildman–Crippen LogP) is 3.45. The van der Waals surface area contributed by atoms with Gasteiger partial charge in [0.05, 0.1) is 5.69 Å². The molecule has 0 aliphatic carbocycles. The quantitative estimate of drug-likeness (QED) is 0.893. The van der Waals surface area contributed by atoms with Crippen molar-refractivity contribution >= 4 is 23.2 Å². The Hall–Kier alpha value is -1.91. The van der Waals surface area contributed by atoms with Crippen molar-refractivity contribution in [3.05, 3.63) is 63.9 Å². The fraction of sp³-hybridized carbons (Fsp3) is 0.188. The molecule has 21 heavy (non-hydrogen) atoms. The molecular formula is C16H13ClFNO2. The summed E-state index contributed by atoms with van der Waals surface area (Å²) < 4.78 is 13.0. The summed E-state index contributed by atoms with van der Waals surface area (Å²) in [5.74, 6) is -0.454. The molecule has 0 saturated carbocycles. The number of aryl methyl sites for hydroxylation is 1. The van der Waals surface area contributed by atoms with E-state index in [4.69, 9.17) is 11.6 Å². The Bertz CT molecular complexity index is 700. The average molecular weight is 306 g/mol. The maximum absolute atomic E-state index is 13.0. The van der Waals surface area contributed by atoms with Gasteiger partial charge in [-0.25, -0.2) is 4.39 Å². The Kier molecular flexibility index (Phi) is 3.66. The van der Waals surface area contributed by atoms with Crippen LogP contribution in [-0.2, 0) is 11.2 Å². The lowest BCUT2D eigenvalue weighted by atomic mass is 9.93. The molecule has 1 unspecified atom stereocenters. The van der Waals surface area contributed by atoms with Gasteiger partial charge < -0.3 is 10.4 Å². The first-order valence-electron chi connectivity index (χ1n) is 6.60. The van der Waals surface area contributed by atoms with Gasteiger partial charge in [0.25, 0.3) is 0 Å². The maximum atomic E-state index is 13.0. The average Bonchev–Trinajstić information content (AvgIpc) is 2.47. The number of rotatable bonds is 2. The van der Waals surface area contributed by atoms with Gasteiger partial charge in [-0.05, 0) is 41.8 Å². The Morgan fingerprint density at radius 3 is 2.62 bits per heavy atom. The molecular weight excluding hydrogens is 293 g/mol. The highest BCUT2D eigenvalue weighted by molar-refractivity contribution is 6.31. The summed E-state index contributed by atoms with van der Waals surface area (Å²) in [6.45, 7) is 0. The Morgan fingerprint density at radius 2 is 1.90 bits per heavy atom. The Balaban J connectivity index is 2.07. The van der Waals surface area contributed by atoms with E-state index in [0.29, 0.717) is 34.7 Å². The number of fused-ring (bicyclic) bond motifs is 1. The zero-order valence-corrected chi connectivity index (χ0v) is 11.8. The summed E-state index contributed by atoms with van der Waals surface area (Å²) in [7, 11) is 0. The maximum Gasteiger partial charge on any atom is 0.224 e. The van der Waals surface area contributed by atoms with Crippen LogP contribution in [0.15, 0.2) is 36.4 Å². The second-order valence-electron chi connectivity index (χ2n) is 5.03. The van der Waals surface area contributed by atoms with Crippen molar-refractivity contribution in [3.8, 4) is 0 Å². The molecule has 3 nitrogen and oxygen atoms in total. The van der Waals surface area contributed by atoms with Crippen LogP contribution in [0.1, 0.15) is 29.2 Å². The summed E-state index contributed by atoms with van der Waals surface area (Å²) in [6, 6.07) is 9.01. The molecule has 0 aromatic heterocycles. The van der Waals surface area contributed by atoms with Gasteiger partial charge in [0.1, 0.15) is 11.9 Å². The topological polar surface area (TPSA) is 49.3 Å². The number of aliphatic hydroxyl groups is 1. The molecule has 0 radical (unpaired) electrons. The molecule has 1 heterocycles. The van der Waals surface area contributed by atoms with E-state index in [1.807, 2.05) is 0 Å². The van der Waals surface area contributed by atoms with E-state index in [0.717, 1.165) is 5.56 Å². The molecule has 0 spiro atoms. The fourth-order valence-corrected chi connectivity index (χ4v) is 2.78. The van der Waals surface area contributed by atoms with Crippen molar-refractivity contribution in [2.24, 2.45) is 0 Å². The number of amides is 1. The van der Waals surface area contributed by atoms with E-state index in [1.165, 1.54) is 24.3 Å². The SMILES string of the molecule is O=C1CCc2cc(Cl)cc(C(O)c3ccc(F)cc3)c2N1. The minimum atomic E-state index is -0.976. The van der Waals surface area contributed by atoms with E-state index in [9.17, 15) is 14.3 Å². The summed E-state index contributed by atoms with van der Waals surface area (Å²) in [6.07, 6.45) is 0.0149. The van der Waals surface area contributed by atoms with E-state index >= 15 is 0 Å². The minimum Gasteiger partial charge on any atom is -0.384 e. The van der Waals surface area contributed by atoms with Gasteiger partial charge in [-0.2, -0.15) is 0 Å². The number of benzene rings is 2. The number of hydrogen-bond acceptors (Lipinski definition) is 2. The second-order valence-corrected chi connectivity index (χ2v) is 5.47. The van der Waals surface area contributed by atoms with Crippen molar-refractivity contribution in [1.29, 1.82) is 0 Å². The number of nitrogens with one attached hydrogen (secondary N) is 1. The highest BCUT2D eigenvalue weighted by Crippen LogP contribution is 2.36. The van der Waals surface area contributed by atoms with Crippen molar-refractivity contribution in [2.75, 3.05) is 5.32 Å². The molecule has 2 aromatic rings. The van der Waals surface area contributed by atoms with E-state index in [-0.39, 0.29) is 11.7 Å². The largest absolute Gasteiger partial charge is 0.384 e. The van der Waals surface area contributed by atoms with Crippen LogP contribution in [0.4, 0.5) is 10.1 Å². The van der Waals surface area contributed by atoms with Crippen LogP contribution < -0.4 is 5.32 Å². The number of halogens is 2. The summed E-state index contributed by atoms with van der Waals surface area (Å²) in [5.41, 5.74) is 2.57. The van der Waals surface area contributed by atoms with Crippen LogP contribution in [0.2, 0.25) is 5.02 Å². The smallest absolute Gasteiger partial charge is 0.224 e. The third-order valence-corrected chi connectivity index (χ3v) is 3.80. The molecule has 1 amide bonds. The summed E-state index contributed by atoms with van der Waals surface area (Å²) in [5, 5.41) is 13.8. The van der Waals surface area contributed by atoms with Crippen LogP contribution in [0.5, 0.6) is 0 Å². The first-order chi connectivity index (χ1) is 10.0. The van der Waals surface area contributed by atoms with Crippen molar-refractivity contribution in [1.82, 2.24) is 0 Å². The number of aliphatic hydroxyl groups excluding tert-OH is 1. The van der Waals surface area contributed by atoms with Crippen LogP contribution >= 0.6 is 11.6 Å². The van der Waals surface area contributed by atoms with Crippen molar-refractivity contribution in [2.45, 2.75) is 18.9 Å². The number of carbonyl (C=O) groups excluding carboxylic acids is 1. The molecule has 3 rings (SSSR count). The van der Waals surface area contributed by atoms with Gasteiger partial charge in [0.2, 0.25) is 5.91 Å². The lowest BCUT2D eigenvalue weighted by Gasteiger charge is -2.23. The lowest BCUT2D eigenvalue weighted by Crippen LogP contribution is -2.21. The third kappa shape index (κ3) is 2.77. The van der Waals surface area contributed by atoms with Gasteiger partial charge in [0, 0.05) is 17.0 Å². The minimum absolute atomic E-state index is 0.0858. The van der Waals surface area contributed by atoms with Crippen LogP contribution in [-0.4, -0.2) is 11.0 Å². The zero-order chi connectivity index (χ0) is 15.0. The Labute approximate surface area is 126 Å². The number of carbonyl (C=O) groups is 1. The zero-order valence-electron chi connectivity index (χ0n) is 11.1. The van der Waals surface area contributed by atoms with Crippen LogP contribution in [0.25, 0.3) is 0 Å². The molecule has 0 saturated heterocycles. The lowest BCUT2D eigenvalue weighted by molar-refractivity contribution is -0.116. The normalized spacial score (nSPS) is 15.3. The van der Waals surface area contributed by atoms with Crippen LogP contribution in [0.3, 0.4) is 0 Å². The van der Waals surface area contributed by atoms with Gasteiger partial charge in [-0.1, -0.05) is 23.7 Å². The monoisotopic (exact) mass is 305 g/mol. The first-order valence-corrected chi connectivity index (χ1v) is 6.98. The van der Waals surface area contributed by atoms with Crippen molar-refractivity contribution in [3.63, 3.8) is 0 Å². The van der Waals surface area contributed by atoms with E-state index in [1.54, 1.807) is 12.1 Å². The third-order valence-electron chi connectivity index (χ3n) is 3.58. The van der Waals surface area contributed by atoms with E-state index < -0.39 is 6.10 Å². The highest BCUT2D eigenvalue weighted by atomic mass is 35.5. The highest BCUT2D eigenvalue weighted by Gasteiger charge is 2.23. The van der Waals surface area contributed by atoms with Gasteiger partial charge in [-0.3, -0.25) is 4.79 Å². The molecule has 5 heteroatoms. The number of hydrogen-bond donors (Lipinski definition) is 2. The van der Waals surface area contributed by atoms with Crippen molar-refractivity contribution < 1.29 is 14.3 Å². The molecule has 1 atom stereocenters. The first kappa shape index (κ1) is 14.0.